The van der Waals surface area contributed by atoms with Gasteiger partial charge >= 0.3 is 5.97 Å². The molecule has 1 heterocycles. The second-order valence-corrected chi connectivity index (χ2v) is 7.53. The summed E-state index contributed by atoms with van der Waals surface area (Å²) in [6.07, 6.45) is 4.29. The number of hydrogen-bond acceptors (Lipinski definition) is 4. The molecule has 1 N–H and O–H groups in total. The molecule has 7 heteroatoms. The van der Waals surface area contributed by atoms with Crippen molar-refractivity contribution >= 4 is 28.5 Å². The molecule has 1 aromatic heterocycles. The topological polar surface area (TPSA) is 86.2 Å². The molecule has 4 rings (SSSR count). The summed E-state index contributed by atoms with van der Waals surface area (Å²) in [5, 5.41) is 9.87. The molecule has 0 aliphatic heterocycles. The first-order chi connectivity index (χ1) is 15.1. The van der Waals surface area contributed by atoms with Crippen molar-refractivity contribution in [2.75, 3.05) is 18.1 Å². The standard InChI is InChI=1S/C24H22FN3O3/c25-19-7-2-4-9-22(19)28(13-5-12-26)23(29)15-31-24(30)16-10-11-21-18(14-16)17-6-1-3-8-20(17)27-21/h2,4,7,9-11,14,27H,1,3,5-6,8,13,15H2. The van der Waals surface area contributed by atoms with E-state index in [4.69, 9.17) is 10.00 Å². The quantitative estimate of drug-likeness (QED) is 0.604. The maximum Gasteiger partial charge on any atom is 0.338 e. The van der Waals surface area contributed by atoms with Crippen LogP contribution in [0.25, 0.3) is 10.9 Å². The van der Waals surface area contributed by atoms with Gasteiger partial charge < -0.3 is 14.6 Å². The summed E-state index contributed by atoms with van der Waals surface area (Å²) in [4.78, 5) is 29.8. The maximum absolute atomic E-state index is 14.2. The van der Waals surface area contributed by atoms with Crippen molar-refractivity contribution in [3.05, 3.63) is 65.1 Å². The lowest BCUT2D eigenvalue weighted by atomic mass is 9.95. The molecule has 0 saturated carbocycles. The van der Waals surface area contributed by atoms with E-state index in [1.807, 2.05) is 12.1 Å². The van der Waals surface area contributed by atoms with Crippen molar-refractivity contribution in [1.29, 1.82) is 5.26 Å². The minimum atomic E-state index is -0.616. The molecule has 6 nitrogen and oxygen atoms in total. The molecule has 158 valence electrons. The normalized spacial score (nSPS) is 12.8. The van der Waals surface area contributed by atoms with Crippen LogP contribution in [0.3, 0.4) is 0 Å². The van der Waals surface area contributed by atoms with Crippen LogP contribution in [0.4, 0.5) is 10.1 Å². The highest BCUT2D eigenvalue weighted by Crippen LogP contribution is 2.30. The highest BCUT2D eigenvalue weighted by atomic mass is 19.1. The van der Waals surface area contributed by atoms with Crippen molar-refractivity contribution in [2.45, 2.75) is 32.1 Å². The second-order valence-electron chi connectivity index (χ2n) is 7.53. The molecule has 0 bridgehead atoms. The molecule has 0 spiro atoms. The van der Waals surface area contributed by atoms with Gasteiger partial charge in [0.1, 0.15) is 5.82 Å². The Morgan fingerprint density at radius 1 is 1.16 bits per heavy atom. The third-order valence-electron chi connectivity index (χ3n) is 5.55. The summed E-state index contributed by atoms with van der Waals surface area (Å²) in [5.74, 6) is -1.79. The van der Waals surface area contributed by atoms with E-state index in [-0.39, 0.29) is 18.7 Å². The van der Waals surface area contributed by atoms with Crippen LogP contribution in [0.2, 0.25) is 0 Å². The number of fused-ring (bicyclic) bond motifs is 3. The number of benzene rings is 2. The zero-order valence-corrected chi connectivity index (χ0v) is 17.0. The first kappa shape index (κ1) is 20.6. The number of H-pyrrole nitrogens is 1. The summed E-state index contributed by atoms with van der Waals surface area (Å²) >= 11 is 0. The largest absolute Gasteiger partial charge is 0.452 e. The molecule has 0 atom stereocenters. The predicted octanol–water partition coefficient (Wildman–Crippen LogP) is 4.29. The van der Waals surface area contributed by atoms with Crippen LogP contribution in [0.1, 0.15) is 40.9 Å². The van der Waals surface area contributed by atoms with Crippen LogP contribution in [-0.2, 0) is 22.4 Å². The molecule has 1 aliphatic carbocycles. The number of nitrogens with one attached hydrogen (secondary N) is 1. The second kappa shape index (κ2) is 9.00. The van der Waals surface area contributed by atoms with E-state index < -0.39 is 24.3 Å². The lowest BCUT2D eigenvalue weighted by Crippen LogP contribution is -2.36. The Balaban J connectivity index is 1.48. The molecular weight excluding hydrogens is 397 g/mol. The van der Waals surface area contributed by atoms with Gasteiger partial charge in [0, 0.05) is 23.1 Å². The number of nitrogens with zero attached hydrogens (tertiary/aromatic N) is 2. The number of aromatic amines is 1. The van der Waals surface area contributed by atoms with Gasteiger partial charge in [0.2, 0.25) is 0 Å². The Morgan fingerprint density at radius 2 is 1.97 bits per heavy atom. The van der Waals surface area contributed by atoms with E-state index in [0.29, 0.717) is 5.56 Å². The molecule has 0 unspecified atom stereocenters. The number of para-hydroxylation sites is 1. The maximum atomic E-state index is 14.2. The first-order valence-electron chi connectivity index (χ1n) is 10.3. The van der Waals surface area contributed by atoms with Crippen LogP contribution >= 0.6 is 0 Å². The molecule has 1 aliphatic rings. The van der Waals surface area contributed by atoms with Crippen LogP contribution in [0.5, 0.6) is 0 Å². The minimum Gasteiger partial charge on any atom is -0.452 e. The Kier molecular flexibility index (Phi) is 5.99. The van der Waals surface area contributed by atoms with Gasteiger partial charge in [0.25, 0.3) is 5.91 Å². The zero-order valence-electron chi connectivity index (χ0n) is 17.0. The van der Waals surface area contributed by atoms with Gasteiger partial charge in [-0.25, -0.2) is 9.18 Å². The van der Waals surface area contributed by atoms with Crippen LogP contribution in [0, 0.1) is 17.1 Å². The van der Waals surface area contributed by atoms with Crippen LogP contribution in [0.15, 0.2) is 42.5 Å². The van der Waals surface area contributed by atoms with Gasteiger partial charge in [-0.2, -0.15) is 5.26 Å². The average molecular weight is 419 g/mol. The lowest BCUT2D eigenvalue weighted by molar-refractivity contribution is -0.121. The average Bonchev–Trinajstić information content (AvgIpc) is 3.16. The fourth-order valence-corrected chi connectivity index (χ4v) is 4.03. The summed E-state index contributed by atoms with van der Waals surface area (Å²) in [5.41, 5.74) is 3.87. The van der Waals surface area contributed by atoms with E-state index in [1.165, 1.54) is 29.5 Å². The monoisotopic (exact) mass is 419 g/mol. The molecule has 0 fully saturated rings. The number of aryl methyl sites for hydroxylation is 2. The van der Waals surface area contributed by atoms with E-state index in [9.17, 15) is 14.0 Å². The third kappa shape index (κ3) is 4.29. The lowest BCUT2D eigenvalue weighted by Gasteiger charge is -2.22. The van der Waals surface area contributed by atoms with E-state index >= 15 is 0 Å². The fraction of sp³-hybridized carbons (Fsp3) is 0.292. The minimum absolute atomic E-state index is 0.00919. The molecular formula is C24H22FN3O3. The summed E-state index contributed by atoms with van der Waals surface area (Å²) in [6.45, 7) is -0.531. The smallest absolute Gasteiger partial charge is 0.338 e. The number of halogens is 1. The number of anilines is 1. The van der Waals surface area contributed by atoms with Gasteiger partial charge in [-0.3, -0.25) is 4.79 Å². The van der Waals surface area contributed by atoms with E-state index in [0.717, 1.165) is 41.5 Å². The molecule has 1 amide bonds. The third-order valence-corrected chi connectivity index (χ3v) is 5.55. The molecule has 0 radical (unpaired) electrons. The number of ether oxygens (including phenoxy) is 1. The van der Waals surface area contributed by atoms with Gasteiger partial charge in [-0.05, 0) is 61.6 Å². The Morgan fingerprint density at radius 3 is 2.77 bits per heavy atom. The number of esters is 1. The van der Waals surface area contributed by atoms with Gasteiger partial charge in [0.15, 0.2) is 6.61 Å². The fourth-order valence-electron chi connectivity index (χ4n) is 4.03. The van der Waals surface area contributed by atoms with Crippen molar-refractivity contribution in [3.8, 4) is 6.07 Å². The number of hydrogen-bond donors (Lipinski definition) is 1. The van der Waals surface area contributed by atoms with E-state index in [1.54, 1.807) is 18.2 Å². The molecule has 2 aromatic carbocycles. The van der Waals surface area contributed by atoms with Crippen LogP contribution in [-0.4, -0.2) is 30.0 Å². The highest BCUT2D eigenvalue weighted by molar-refractivity contribution is 5.99. The molecule has 3 aromatic rings. The number of nitriles is 1. The molecule has 31 heavy (non-hydrogen) atoms. The van der Waals surface area contributed by atoms with E-state index in [2.05, 4.69) is 4.98 Å². The SMILES string of the molecule is N#CCCN(C(=O)COC(=O)c1ccc2[nH]c3c(c2c1)CCCC3)c1ccccc1F. The highest BCUT2D eigenvalue weighted by Gasteiger charge is 2.21. The number of aromatic nitrogens is 1. The van der Waals surface area contributed by atoms with Crippen molar-refractivity contribution in [3.63, 3.8) is 0 Å². The zero-order chi connectivity index (χ0) is 21.8. The van der Waals surface area contributed by atoms with Crippen LogP contribution < -0.4 is 4.90 Å². The van der Waals surface area contributed by atoms with Gasteiger partial charge in [-0.1, -0.05) is 12.1 Å². The number of carbonyl (C=O) groups excluding carboxylic acids is 2. The Labute approximate surface area is 179 Å². The van der Waals surface area contributed by atoms with Gasteiger partial charge in [0.05, 0.1) is 23.7 Å². The first-order valence-corrected chi connectivity index (χ1v) is 10.3. The predicted molar refractivity (Wildman–Crippen MR) is 114 cm³/mol. The van der Waals surface area contributed by atoms with Crippen molar-refractivity contribution in [1.82, 2.24) is 4.98 Å². The van der Waals surface area contributed by atoms with Crippen molar-refractivity contribution < 1.29 is 18.7 Å². The number of carbonyl (C=O) groups is 2. The summed E-state index contributed by atoms with van der Waals surface area (Å²) in [6, 6.07) is 13.1. The summed E-state index contributed by atoms with van der Waals surface area (Å²) in [7, 11) is 0. The van der Waals surface area contributed by atoms with Gasteiger partial charge in [-0.15, -0.1) is 0 Å². The molecule has 0 saturated heterocycles. The summed E-state index contributed by atoms with van der Waals surface area (Å²) < 4.78 is 19.4. The van der Waals surface area contributed by atoms with Crippen molar-refractivity contribution in [2.24, 2.45) is 0 Å². The number of amides is 1. The Hall–Kier alpha value is -3.66. The number of rotatable bonds is 6. The Bertz CT molecular complexity index is 1180.